The first-order valence-electron chi connectivity index (χ1n) is 5.43. The molecule has 0 unspecified atom stereocenters. The Labute approximate surface area is 107 Å². The van der Waals surface area contributed by atoms with Crippen LogP contribution < -0.4 is 17.7 Å². The molecule has 4 heteroatoms. The van der Waals surface area contributed by atoms with Crippen LogP contribution in [-0.2, 0) is 0 Å². The number of fused-ring (bicyclic) bond motifs is 1. The van der Waals surface area contributed by atoms with Crippen molar-refractivity contribution in [2.75, 3.05) is 18.5 Å². The molecule has 0 saturated heterocycles. The molecule has 0 aliphatic heterocycles. The van der Waals surface area contributed by atoms with Crippen LogP contribution in [0.3, 0.4) is 0 Å². The summed E-state index contributed by atoms with van der Waals surface area (Å²) in [6, 6.07) is 8.21. The molecule has 17 heavy (non-hydrogen) atoms. The van der Waals surface area contributed by atoms with Crippen LogP contribution >= 0.6 is 0 Å². The molecule has 1 aromatic carbocycles. The Kier molecular flexibility index (Phi) is 4.73. The Balaban J connectivity index is 0.00000144. The normalized spacial score (nSPS) is 10.1. The van der Waals surface area contributed by atoms with E-state index < -0.39 is 0 Å². The molecule has 0 aliphatic carbocycles. The molecule has 92 valence electrons. The molecule has 0 fully saturated rings. The molecule has 1 heterocycles. The fourth-order valence-corrected chi connectivity index (χ4v) is 1.81. The molecule has 0 saturated carbocycles. The summed E-state index contributed by atoms with van der Waals surface area (Å²) in [5.74, 6) is 0. The van der Waals surface area contributed by atoms with Gasteiger partial charge in [-0.05, 0) is 32.0 Å². The maximum atomic E-state index is 8.85. The minimum atomic E-state index is 0. The quantitative estimate of drug-likeness (QED) is 0.756. The second-order valence-electron chi connectivity index (χ2n) is 3.98. The van der Waals surface area contributed by atoms with Crippen molar-refractivity contribution in [3.05, 3.63) is 35.5 Å². The fraction of sp³-hybridized carbons (Fsp3) is 0.308. The largest absolute Gasteiger partial charge is 1.00 e. The number of nitrogens with zero attached hydrogens (tertiary/aromatic N) is 1. The van der Waals surface area contributed by atoms with E-state index in [-0.39, 0.29) is 19.0 Å². The zero-order valence-electron chi connectivity index (χ0n) is 10.00. The summed E-state index contributed by atoms with van der Waals surface area (Å²) in [6.07, 6.45) is 0. The molecule has 1 aromatic heterocycles. The van der Waals surface area contributed by atoms with E-state index in [1.54, 1.807) is 0 Å². The number of hydrogen-bond acceptors (Lipinski definition) is 3. The smallest absolute Gasteiger partial charge is 0.0726 e. The molecule has 2 N–H and O–H groups in total. The van der Waals surface area contributed by atoms with Crippen molar-refractivity contribution in [3.63, 3.8) is 0 Å². The Morgan fingerprint density at radius 3 is 2.71 bits per heavy atom. The summed E-state index contributed by atoms with van der Waals surface area (Å²) < 4.78 is 0. The first kappa shape index (κ1) is 13.7. The van der Waals surface area contributed by atoms with Gasteiger partial charge in [0.25, 0.3) is 0 Å². The van der Waals surface area contributed by atoms with Crippen LogP contribution in [0.1, 0.15) is 11.3 Å². The van der Waals surface area contributed by atoms with E-state index in [1.807, 2.05) is 19.1 Å². The van der Waals surface area contributed by atoms with Gasteiger partial charge in [-0.25, -0.2) is 0 Å². The lowest BCUT2D eigenvalue weighted by Gasteiger charge is -2.10. The topological polar surface area (TPSA) is 45.2 Å². The highest BCUT2D eigenvalue weighted by Gasteiger charge is 2.03. The molecule has 0 atom stereocenters. The van der Waals surface area contributed by atoms with E-state index in [9.17, 15) is 0 Å². The van der Waals surface area contributed by atoms with Crippen LogP contribution in [0.2, 0.25) is 0 Å². The molecule has 0 aliphatic rings. The molecule has 0 bridgehead atoms. The average Bonchev–Trinajstić information content (AvgIpc) is 2.26. The number of pyridine rings is 1. The van der Waals surface area contributed by atoms with Crippen LogP contribution in [-0.4, -0.2) is 23.2 Å². The monoisotopic (exact) mass is 251 g/mol. The Hall–Kier alpha value is -1.32. The van der Waals surface area contributed by atoms with E-state index in [4.69, 9.17) is 5.11 Å². The molecular formula is C13H16ClN2O-. The van der Waals surface area contributed by atoms with Gasteiger partial charge in [0.1, 0.15) is 0 Å². The van der Waals surface area contributed by atoms with Gasteiger partial charge in [0.2, 0.25) is 0 Å². The summed E-state index contributed by atoms with van der Waals surface area (Å²) in [6.45, 7) is 4.74. The van der Waals surface area contributed by atoms with Crippen LogP contribution in [0, 0.1) is 13.8 Å². The number of nitrogens with one attached hydrogen (secondary N) is 1. The van der Waals surface area contributed by atoms with Crippen LogP contribution in [0.5, 0.6) is 0 Å². The van der Waals surface area contributed by atoms with E-state index in [2.05, 4.69) is 29.4 Å². The first-order chi connectivity index (χ1) is 7.70. The third-order valence-corrected chi connectivity index (χ3v) is 2.52. The highest BCUT2D eigenvalue weighted by Crippen LogP contribution is 2.23. The van der Waals surface area contributed by atoms with E-state index in [0.29, 0.717) is 6.54 Å². The van der Waals surface area contributed by atoms with Crippen molar-refractivity contribution in [2.45, 2.75) is 13.8 Å². The summed E-state index contributed by atoms with van der Waals surface area (Å²) >= 11 is 0. The number of rotatable bonds is 3. The Bertz CT molecular complexity index is 514. The zero-order valence-corrected chi connectivity index (χ0v) is 10.8. The number of aryl methyl sites for hydroxylation is 2. The van der Waals surface area contributed by atoms with Gasteiger partial charge in [0.05, 0.1) is 12.1 Å². The lowest BCUT2D eigenvalue weighted by atomic mass is 10.1. The van der Waals surface area contributed by atoms with E-state index in [1.165, 1.54) is 5.56 Å². The predicted octanol–water partition coefficient (Wildman–Crippen LogP) is -0.740. The highest BCUT2D eigenvalue weighted by atomic mass is 35.5. The molecule has 0 spiro atoms. The zero-order chi connectivity index (χ0) is 11.5. The molecule has 0 amide bonds. The van der Waals surface area contributed by atoms with Crippen molar-refractivity contribution in [3.8, 4) is 0 Å². The third kappa shape index (κ3) is 3.08. The maximum absolute atomic E-state index is 8.85. The average molecular weight is 252 g/mol. The minimum absolute atomic E-state index is 0. The van der Waals surface area contributed by atoms with Crippen molar-refractivity contribution >= 4 is 16.6 Å². The molecule has 0 radical (unpaired) electrons. The predicted molar refractivity (Wildman–Crippen MR) is 66.8 cm³/mol. The molecule has 2 rings (SSSR count). The van der Waals surface area contributed by atoms with Crippen molar-refractivity contribution in [1.29, 1.82) is 0 Å². The molecule has 2 aromatic rings. The van der Waals surface area contributed by atoms with Crippen molar-refractivity contribution < 1.29 is 17.5 Å². The lowest BCUT2D eigenvalue weighted by molar-refractivity contribution is -0.00000450. The third-order valence-electron chi connectivity index (χ3n) is 2.52. The second-order valence-corrected chi connectivity index (χ2v) is 3.98. The van der Waals surface area contributed by atoms with Crippen molar-refractivity contribution in [2.24, 2.45) is 0 Å². The van der Waals surface area contributed by atoms with Gasteiger partial charge in [-0.15, -0.1) is 0 Å². The minimum Gasteiger partial charge on any atom is -1.00 e. The number of benzene rings is 1. The number of aliphatic hydroxyl groups excluding tert-OH is 1. The van der Waals surface area contributed by atoms with Gasteiger partial charge in [-0.3, -0.25) is 4.98 Å². The standard InChI is InChI=1S/C13H16N2O.ClH/c1-9-3-4-12-11(7-9)13(14-5-6-16)8-10(2)15-12;/h3-4,7-8,16H,5-6H2,1-2H3,(H,14,15);1H/p-1. The van der Waals surface area contributed by atoms with Crippen LogP contribution in [0.25, 0.3) is 10.9 Å². The second kappa shape index (κ2) is 5.84. The SMILES string of the molecule is Cc1ccc2nc(C)cc(NCCO)c2c1.[Cl-]. The maximum Gasteiger partial charge on any atom is 0.0726 e. The van der Waals surface area contributed by atoms with Crippen LogP contribution in [0.15, 0.2) is 24.3 Å². The summed E-state index contributed by atoms with van der Waals surface area (Å²) in [7, 11) is 0. The Morgan fingerprint density at radius 2 is 2.00 bits per heavy atom. The first-order valence-corrected chi connectivity index (χ1v) is 5.43. The van der Waals surface area contributed by atoms with Gasteiger partial charge in [0, 0.05) is 23.3 Å². The van der Waals surface area contributed by atoms with Crippen LogP contribution in [0.4, 0.5) is 5.69 Å². The van der Waals surface area contributed by atoms with E-state index in [0.717, 1.165) is 22.3 Å². The number of aromatic nitrogens is 1. The molecule has 3 nitrogen and oxygen atoms in total. The number of anilines is 1. The van der Waals surface area contributed by atoms with Gasteiger partial charge >= 0.3 is 0 Å². The highest BCUT2D eigenvalue weighted by molar-refractivity contribution is 5.91. The summed E-state index contributed by atoms with van der Waals surface area (Å²) in [5, 5.41) is 13.2. The van der Waals surface area contributed by atoms with Crippen molar-refractivity contribution in [1.82, 2.24) is 4.98 Å². The lowest BCUT2D eigenvalue weighted by Crippen LogP contribution is -3.00. The summed E-state index contributed by atoms with van der Waals surface area (Å²) in [5.41, 5.74) is 4.23. The van der Waals surface area contributed by atoms with E-state index >= 15 is 0 Å². The number of hydrogen-bond donors (Lipinski definition) is 2. The van der Waals surface area contributed by atoms with Gasteiger partial charge in [-0.2, -0.15) is 0 Å². The summed E-state index contributed by atoms with van der Waals surface area (Å²) in [4.78, 5) is 4.48. The molecular weight excluding hydrogens is 236 g/mol. The Morgan fingerprint density at radius 1 is 1.24 bits per heavy atom. The number of halogens is 1. The fourth-order valence-electron chi connectivity index (χ4n) is 1.81. The van der Waals surface area contributed by atoms with Gasteiger partial charge in [-0.1, -0.05) is 11.6 Å². The van der Waals surface area contributed by atoms with Gasteiger partial charge < -0.3 is 22.8 Å². The van der Waals surface area contributed by atoms with Gasteiger partial charge in [0.15, 0.2) is 0 Å². The number of aliphatic hydroxyl groups is 1.